The molecule has 0 aliphatic heterocycles. The maximum atomic E-state index is 13.6. The van der Waals surface area contributed by atoms with Crippen molar-refractivity contribution in [3.8, 4) is 5.75 Å². The lowest BCUT2D eigenvalue weighted by molar-refractivity contribution is 0.0742. The van der Waals surface area contributed by atoms with E-state index in [0.29, 0.717) is 26.5 Å². The predicted molar refractivity (Wildman–Crippen MR) is 98.2 cm³/mol. The molecule has 0 N–H and O–H groups in total. The Bertz CT molecular complexity index is 1140. The molecular formula is C19H11ClFNO2S. The van der Waals surface area contributed by atoms with E-state index >= 15 is 0 Å². The fraction of sp³-hybridized carbons (Fsp3) is 0.0526. The molecule has 0 spiro atoms. The molecule has 0 saturated heterocycles. The van der Waals surface area contributed by atoms with Crippen LogP contribution in [0.2, 0.25) is 5.02 Å². The van der Waals surface area contributed by atoms with Crippen LogP contribution in [0.5, 0.6) is 5.75 Å². The molecule has 124 valence electrons. The maximum Gasteiger partial charge on any atom is 0.355 e. The molecule has 0 unspecified atom stereocenters. The van der Waals surface area contributed by atoms with Crippen LogP contribution in [0.4, 0.5) is 4.39 Å². The van der Waals surface area contributed by atoms with Crippen LogP contribution in [0.3, 0.4) is 0 Å². The summed E-state index contributed by atoms with van der Waals surface area (Å²) < 4.78 is 20.0. The largest absolute Gasteiger partial charge is 0.422 e. The van der Waals surface area contributed by atoms with Crippen LogP contribution in [0.1, 0.15) is 15.4 Å². The minimum Gasteiger partial charge on any atom is -0.422 e. The minimum atomic E-state index is -0.567. The number of carbonyl (C=O) groups is 1. The monoisotopic (exact) mass is 371 g/mol. The zero-order valence-electron chi connectivity index (χ0n) is 13.0. The predicted octanol–water partition coefficient (Wildman–Crippen LogP) is 5.77. The number of pyridine rings is 1. The van der Waals surface area contributed by atoms with Gasteiger partial charge in [0.1, 0.15) is 16.4 Å². The number of ether oxygens (including phenoxy) is 1. The molecule has 2 aromatic heterocycles. The Morgan fingerprint density at radius 2 is 1.96 bits per heavy atom. The van der Waals surface area contributed by atoms with Gasteiger partial charge in [0.05, 0.1) is 10.5 Å². The van der Waals surface area contributed by atoms with Gasteiger partial charge in [-0.05, 0) is 31.2 Å². The van der Waals surface area contributed by atoms with Crippen molar-refractivity contribution >= 4 is 49.9 Å². The van der Waals surface area contributed by atoms with Gasteiger partial charge in [0.15, 0.2) is 0 Å². The average Bonchev–Trinajstić information content (AvgIpc) is 2.93. The van der Waals surface area contributed by atoms with E-state index in [-0.39, 0.29) is 5.75 Å². The third-order valence-electron chi connectivity index (χ3n) is 3.78. The lowest BCUT2D eigenvalue weighted by Crippen LogP contribution is -2.08. The molecule has 0 bridgehead atoms. The molecule has 0 fully saturated rings. The van der Waals surface area contributed by atoms with E-state index < -0.39 is 11.8 Å². The van der Waals surface area contributed by atoms with Crippen molar-refractivity contribution in [1.29, 1.82) is 0 Å². The molecule has 6 heteroatoms. The number of fused-ring (bicyclic) bond motifs is 2. The quantitative estimate of drug-likeness (QED) is 0.420. The van der Waals surface area contributed by atoms with Crippen LogP contribution in [-0.4, -0.2) is 11.0 Å². The van der Waals surface area contributed by atoms with Crippen LogP contribution in [-0.2, 0) is 0 Å². The van der Waals surface area contributed by atoms with E-state index in [1.54, 1.807) is 19.1 Å². The van der Waals surface area contributed by atoms with Crippen LogP contribution < -0.4 is 4.74 Å². The smallest absolute Gasteiger partial charge is 0.355 e. The van der Waals surface area contributed by atoms with Crippen molar-refractivity contribution in [3.63, 3.8) is 0 Å². The first-order chi connectivity index (χ1) is 12.0. The van der Waals surface area contributed by atoms with Gasteiger partial charge in [0.25, 0.3) is 0 Å². The normalized spacial score (nSPS) is 11.2. The van der Waals surface area contributed by atoms with Crippen LogP contribution in [0.25, 0.3) is 21.0 Å². The molecule has 0 amide bonds. The first-order valence-electron chi connectivity index (χ1n) is 7.49. The van der Waals surface area contributed by atoms with Crippen molar-refractivity contribution in [3.05, 3.63) is 69.9 Å². The number of hydrogen-bond donors (Lipinski definition) is 0. The first kappa shape index (κ1) is 16.0. The van der Waals surface area contributed by atoms with Gasteiger partial charge >= 0.3 is 5.97 Å². The van der Waals surface area contributed by atoms with E-state index in [4.69, 9.17) is 16.3 Å². The Morgan fingerprint density at radius 3 is 2.76 bits per heavy atom. The fourth-order valence-electron chi connectivity index (χ4n) is 2.67. The molecule has 2 heterocycles. The van der Waals surface area contributed by atoms with E-state index in [9.17, 15) is 9.18 Å². The SMILES string of the molecule is Cc1cc(OC(=O)c2sc3ccccc3c2Cl)c2cc(F)ccc2n1. The second kappa shape index (κ2) is 6.10. The summed E-state index contributed by atoms with van der Waals surface area (Å²) in [7, 11) is 0. The fourth-order valence-corrected chi connectivity index (χ4v) is 4.05. The summed E-state index contributed by atoms with van der Waals surface area (Å²) in [4.78, 5) is 17.3. The van der Waals surface area contributed by atoms with Gasteiger partial charge in [-0.2, -0.15) is 0 Å². The number of esters is 1. The number of benzene rings is 2. The lowest BCUT2D eigenvalue weighted by Gasteiger charge is -2.08. The average molecular weight is 372 g/mol. The Morgan fingerprint density at radius 1 is 1.16 bits per heavy atom. The summed E-state index contributed by atoms with van der Waals surface area (Å²) in [5.74, 6) is -0.724. The number of thiophene rings is 1. The summed E-state index contributed by atoms with van der Waals surface area (Å²) in [5, 5.41) is 1.62. The van der Waals surface area contributed by atoms with Crippen molar-refractivity contribution in [2.75, 3.05) is 0 Å². The molecule has 4 rings (SSSR count). The number of carbonyl (C=O) groups excluding carboxylic acids is 1. The van der Waals surface area contributed by atoms with E-state index in [1.165, 1.54) is 23.5 Å². The summed E-state index contributed by atoms with van der Waals surface area (Å²) in [5.41, 5.74) is 1.23. The van der Waals surface area contributed by atoms with Crippen molar-refractivity contribution < 1.29 is 13.9 Å². The van der Waals surface area contributed by atoms with Crippen molar-refractivity contribution in [1.82, 2.24) is 4.98 Å². The van der Waals surface area contributed by atoms with Gasteiger partial charge in [-0.3, -0.25) is 4.98 Å². The maximum absolute atomic E-state index is 13.6. The molecule has 0 atom stereocenters. The standard InChI is InChI=1S/C19H11ClFNO2S/c1-10-8-15(13-9-11(21)6-7-14(13)22-10)24-19(23)18-17(20)12-4-2-3-5-16(12)25-18/h2-9H,1H3. The number of nitrogens with zero attached hydrogens (tertiary/aromatic N) is 1. The first-order valence-corrected chi connectivity index (χ1v) is 8.68. The Balaban J connectivity index is 1.79. The van der Waals surface area contributed by atoms with Gasteiger partial charge in [-0.1, -0.05) is 29.8 Å². The summed E-state index contributed by atoms with van der Waals surface area (Å²) >= 11 is 7.60. The molecule has 0 radical (unpaired) electrons. The number of aromatic nitrogens is 1. The third kappa shape index (κ3) is 2.86. The molecule has 4 aromatic rings. The highest BCUT2D eigenvalue weighted by molar-refractivity contribution is 7.21. The van der Waals surface area contributed by atoms with Gasteiger partial charge in [0.2, 0.25) is 0 Å². The number of rotatable bonds is 2. The highest BCUT2D eigenvalue weighted by Gasteiger charge is 2.20. The number of halogens is 2. The van der Waals surface area contributed by atoms with Crippen molar-refractivity contribution in [2.45, 2.75) is 6.92 Å². The highest BCUT2D eigenvalue weighted by Crippen LogP contribution is 2.36. The lowest BCUT2D eigenvalue weighted by atomic mass is 10.2. The molecule has 25 heavy (non-hydrogen) atoms. The molecule has 0 aliphatic rings. The Hall–Kier alpha value is -2.50. The molecule has 2 aromatic carbocycles. The molecule has 3 nitrogen and oxygen atoms in total. The van der Waals surface area contributed by atoms with Gasteiger partial charge in [0, 0.05) is 27.2 Å². The second-order valence-electron chi connectivity index (χ2n) is 5.55. The zero-order valence-corrected chi connectivity index (χ0v) is 14.6. The zero-order chi connectivity index (χ0) is 17.6. The minimum absolute atomic E-state index is 0.264. The van der Waals surface area contributed by atoms with E-state index in [1.807, 2.05) is 24.3 Å². The van der Waals surface area contributed by atoms with Gasteiger partial charge < -0.3 is 4.74 Å². The van der Waals surface area contributed by atoms with Crippen LogP contribution in [0.15, 0.2) is 48.5 Å². The molecule has 0 saturated carbocycles. The van der Waals surface area contributed by atoms with Crippen LogP contribution in [0, 0.1) is 12.7 Å². The van der Waals surface area contributed by atoms with Gasteiger partial charge in [-0.25, -0.2) is 9.18 Å². The highest BCUT2D eigenvalue weighted by atomic mass is 35.5. The number of aryl methyl sites for hydroxylation is 1. The summed E-state index contributed by atoms with van der Waals surface area (Å²) in [6.07, 6.45) is 0. The molecular weight excluding hydrogens is 361 g/mol. The Kier molecular flexibility index (Phi) is 3.90. The third-order valence-corrected chi connectivity index (χ3v) is 5.44. The summed E-state index contributed by atoms with van der Waals surface area (Å²) in [6, 6.07) is 13.3. The van der Waals surface area contributed by atoms with Crippen LogP contribution >= 0.6 is 22.9 Å². The van der Waals surface area contributed by atoms with Gasteiger partial charge in [-0.15, -0.1) is 11.3 Å². The van der Waals surface area contributed by atoms with E-state index in [2.05, 4.69) is 4.98 Å². The summed E-state index contributed by atoms with van der Waals surface area (Å²) in [6.45, 7) is 1.78. The molecule has 0 aliphatic carbocycles. The second-order valence-corrected chi connectivity index (χ2v) is 6.98. The van der Waals surface area contributed by atoms with E-state index in [0.717, 1.165) is 10.1 Å². The van der Waals surface area contributed by atoms with Crippen molar-refractivity contribution in [2.24, 2.45) is 0 Å². The Labute approximate surface area is 151 Å². The number of hydrogen-bond acceptors (Lipinski definition) is 4. The topological polar surface area (TPSA) is 39.2 Å².